The quantitative estimate of drug-likeness (QED) is 0.786. The molecule has 2 aromatic rings. The van der Waals surface area contributed by atoms with E-state index >= 15 is 0 Å². The number of hydrogen-bond acceptors (Lipinski definition) is 3. The Kier molecular flexibility index (Phi) is 4.01. The van der Waals surface area contributed by atoms with E-state index in [2.05, 4.69) is 10.3 Å². The van der Waals surface area contributed by atoms with Crippen molar-refractivity contribution < 1.29 is 13.2 Å². The second-order valence-electron chi connectivity index (χ2n) is 5.36. The fourth-order valence-corrected chi connectivity index (χ4v) is 3.70. The Balaban J connectivity index is 1.73. The first-order valence-electron chi connectivity index (χ1n) is 6.80. The van der Waals surface area contributed by atoms with Gasteiger partial charge in [0.1, 0.15) is 5.52 Å². The summed E-state index contributed by atoms with van der Waals surface area (Å²) in [6, 6.07) is 3.72. The SMILES string of the molecule is FC(F)(F)C1CCC(Nc2c(Cl)ccc3scnc23)CC1. The van der Waals surface area contributed by atoms with Crippen LogP contribution in [0.2, 0.25) is 5.02 Å². The Morgan fingerprint density at radius 1 is 1.19 bits per heavy atom. The van der Waals surface area contributed by atoms with E-state index in [1.54, 1.807) is 11.6 Å². The fraction of sp³-hybridized carbons (Fsp3) is 0.500. The van der Waals surface area contributed by atoms with Crippen LogP contribution in [-0.4, -0.2) is 17.2 Å². The van der Waals surface area contributed by atoms with E-state index in [0.29, 0.717) is 17.9 Å². The van der Waals surface area contributed by atoms with Gasteiger partial charge in [-0.15, -0.1) is 11.3 Å². The number of aromatic nitrogens is 1. The summed E-state index contributed by atoms with van der Waals surface area (Å²) < 4.78 is 39.0. The van der Waals surface area contributed by atoms with Gasteiger partial charge in [0.2, 0.25) is 0 Å². The lowest BCUT2D eigenvalue weighted by Crippen LogP contribution is -2.32. The van der Waals surface area contributed by atoms with Crippen LogP contribution in [0, 0.1) is 5.92 Å². The van der Waals surface area contributed by atoms with Crippen LogP contribution in [-0.2, 0) is 0 Å². The Morgan fingerprint density at radius 2 is 1.90 bits per heavy atom. The molecule has 1 saturated carbocycles. The molecule has 0 bridgehead atoms. The number of fused-ring (bicyclic) bond motifs is 1. The van der Waals surface area contributed by atoms with Crippen LogP contribution in [0.1, 0.15) is 25.7 Å². The van der Waals surface area contributed by atoms with Gasteiger partial charge < -0.3 is 5.32 Å². The zero-order chi connectivity index (χ0) is 15.0. The molecular formula is C14H14ClF3N2S. The number of anilines is 1. The molecule has 7 heteroatoms. The first-order chi connectivity index (χ1) is 9.95. The molecule has 21 heavy (non-hydrogen) atoms. The Labute approximate surface area is 129 Å². The monoisotopic (exact) mass is 334 g/mol. The minimum atomic E-state index is -4.07. The van der Waals surface area contributed by atoms with Gasteiger partial charge in [0.05, 0.1) is 26.8 Å². The number of rotatable bonds is 2. The van der Waals surface area contributed by atoms with E-state index in [4.69, 9.17) is 11.6 Å². The maximum atomic E-state index is 12.7. The molecule has 2 nitrogen and oxygen atoms in total. The second kappa shape index (κ2) is 5.65. The summed E-state index contributed by atoms with van der Waals surface area (Å²) in [7, 11) is 0. The number of nitrogens with zero attached hydrogens (tertiary/aromatic N) is 1. The first kappa shape index (κ1) is 14.9. The van der Waals surface area contributed by atoms with Gasteiger partial charge in [-0.2, -0.15) is 13.2 Å². The highest BCUT2D eigenvalue weighted by Crippen LogP contribution is 2.39. The average Bonchev–Trinajstić information content (AvgIpc) is 2.90. The first-order valence-corrected chi connectivity index (χ1v) is 8.06. The second-order valence-corrected chi connectivity index (χ2v) is 6.65. The Morgan fingerprint density at radius 3 is 2.57 bits per heavy atom. The van der Waals surface area contributed by atoms with Crippen molar-refractivity contribution in [3.63, 3.8) is 0 Å². The van der Waals surface area contributed by atoms with Crippen molar-refractivity contribution in [3.05, 3.63) is 22.7 Å². The van der Waals surface area contributed by atoms with Crippen LogP contribution in [0.3, 0.4) is 0 Å². The molecule has 0 aliphatic heterocycles. The molecule has 1 aliphatic carbocycles. The van der Waals surface area contributed by atoms with Crippen LogP contribution in [0.4, 0.5) is 18.9 Å². The third kappa shape index (κ3) is 3.11. The highest BCUT2D eigenvalue weighted by atomic mass is 35.5. The number of thiazole rings is 1. The minimum absolute atomic E-state index is 0.0217. The normalized spacial score (nSPS) is 23.4. The zero-order valence-electron chi connectivity index (χ0n) is 11.1. The third-order valence-electron chi connectivity index (χ3n) is 3.99. The van der Waals surface area contributed by atoms with Gasteiger partial charge in [-0.1, -0.05) is 11.6 Å². The molecule has 1 N–H and O–H groups in total. The lowest BCUT2D eigenvalue weighted by atomic mass is 9.85. The van der Waals surface area contributed by atoms with Crippen LogP contribution >= 0.6 is 22.9 Å². The summed E-state index contributed by atoms with van der Waals surface area (Å²) in [5.74, 6) is -1.17. The standard InChI is InChI=1S/C14H14ClF3N2S/c15-10-5-6-11-13(19-7-21-11)12(10)20-9-3-1-8(2-4-9)14(16,17)18/h5-9,20H,1-4H2. The van der Waals surface area contributed by atoms with Crippen molar-refractivity contribution in [1.82, 2.24) is 4.98 Å². The van der Waals surface area contributed by atoms with Gasteiger partial charge in [-0.05, 0) is 37.8 Å². The van der Waals surface area contributed by atoms with Crippen LogP contribution in [0.5, 0.6) is 0 Å². The number of hydrogen-bond donors (Lipinski definition) is 1. The van der Waals surface area contributed by atoms with Gasteiger partial charge in [-0.25, -0.2) is 4.98 Å². The molecule has 0 saturated heterocycles. The maximum Gasteiger partial charge on any atom is 0.391 e. The predicted octanol–water partition coefficient (Wildman–Crippen LogP) is 5.48. The van der Waals surface area contributed by atoms with E-state index < -0.39 is 12.1 Å². The summed E-state index contributed by atoms with van der Waals surface area (Å²) in [5.41, 5.74) is 3.28. The summed E-state index contributed by atoms with van der Waals surface area (Å²) in [6.07, 6.45) is -2.72. The van der Waals surface area contributed by atoms with E-state index in [-0.39, 0.29) is 18.9 Å². The van der Waals surface area contributed by atoms with Gasteiger partial charge in [0.25, 0.3) is 0 Å². The van der Waals surface area contributed by atoms with E-state index in [9.17, 15) is 13.2 Å². The number of halogens is 4. The van der Waals surface area contributed by atoms with Crippen molar-refractivity contribution >= 4 is 38.8 Å². The predicted molar refractivity (Wildman–Crippen MR) is 80.1 cm³/mol. The number of nitrogens with one attached hydrogen (secondary N) is 1. The largest absolute Gasteiger partial charge is 0.391 e. The molecule has 0 amide bonds. The van der Waals surface area contributed by atoms with Crippen molar-refractivity contribution in [2.24, 2.45) is 5.92 Å². The maximum absolute atomic E-state index is 12.7. The highest BCUT2D eigenvalue weighted by Gasteiger charge is 2.41. The summed E-state index contributed by atoms with van der Waals surface area (Å²) in [4.78, 5) is 4.29. The van der Waals surface area contributed by atoms with E-state index in [1.807, 2.05) is 6.07 Å². The molecule has 0 spiro atoms. The lowest BCUT2D eigenvalue weighted by molar-refractivity contribution is -0.182. The molecule has 0 radical (unpaired) electrons. The smallest absolute Gasteiger partial charge is 0.379 e. The molecule has 1 heterocycles. The molecular weight excluding hydrogens is 321 g/mol. The van der Waals surface area contributed by atoms with Gasteiger partial charge in [0.15, 0.2) is 0 Å². The van der Waals surface area contributed by atoms with Crippen LogP contribution in [0.15, 0.2) is 17.6 Å². The number of alkyl halides is 3. The third-order valence-corrected chi connectivity index (χ3v) is 5.10. The molecule has 0 unspecified atom stereocenters. The fourth-order valence-electron chi connectivity index (χ4n) is 2.81. The Hall–Kier alpha value is -1.01. The molecule has 1 aromatic heterocycles. The van der Waals surface area contributed by atoms with Crippen molar-refractivity contribution in [1.29, 1.82) is 0 Å². The van der Waals surface area contributed by atoms with Crippen LogP contribution in [0.25, 0.3) is 10.2 Å². The summed E-state index contributed by atoms with van der Waals surface area (Å²) in [5, 5.41) is 3.86. The molecule has 3 rings (SSSR count). The van der Waals surface area contributed by atoms with Crippen molar-refractivity contribution in [2.75, 3.05) is 5.32 Å². The van der Waals surface area contributed by atoms with Crippen molar-refractivity contribution in [3.8, 4) is 0 Å². The molecule has 1 aliphatic rings. The van der Waals surface area contributed by atoms with E-state index in [1.165, 1.54) is 11.3 Å². The molecule has 0 atom stereocenters. The number of benzene rings is 1. The van der Waals surface area contributed by atoms with E-state index in [0.717, 1.165) is 15.9 Å². The topological polar surface area (TPSA) is 24.9 Å². The van der Waals surface area contributed by atoms with Gasteiger partial charge in [-0.3, -0.25) is 0 Å². The molecule has 1 aromatic carbocycles. The summed E-state index contributed by atoms with van der Waals surface area (Å²) >= 11 is 7.72. The summed E-state index contributed by atoms with van der Waals surface area (Å²) in [6.45, 7) is 0. The zero-order valence-corrected chi connectivity index (χ0v) is 12.7. The molecule has 114 valence electrons. The van der Waals surface area contributed by atoms with Crippen LogP contribution < -0.4 is 5.32 Å². The van der Waals surface area contributed by atoms with Gasteiger partial charge in [0, 0.05) is 6.04 Å². The minimum Gasteiger partial charge on any atom is -0.379 e. The highest BCUT2D eigenvalue weighted by molar-refractivity contribution is 7.16. The lowest BCUT2D eigenvalue weighted by Gasteiger charge is -2.31. The average molecular weight is 335 g/mol. The van der Waals surface area contributed by atoms with Crippen molar-refractivity contribution in [2.45, 2.75) is 37.9 Å². The van der Waals surface area contributed by atoms with Gasteiger partial charge >= 0.3 is 6.18 Å². The molecule has 1 fully saturated rings. The Bertz CT molecular complexity index is 633.